The highest BCUT2D eigenvalue weighted by atomic mass is 16.2. The molecule has 0 bridgehead atoms. The van der Waals surface area contributed by atoms with Gasteiger partial charge in [0.2, 0.25) is 11.8 Å². The molecular formula is C13H23N3O2. The number of amides is 2. The molecule has 2 rings (SSSR count). The minimum Gasteiger partial charge on any atom is -0.338 e. The first-order valence-corrected chi connectivity index (χ1v) is 6.90. The molecule has 2 fully saturated rings. The third-order valence-corrected chi connectivity index (χ3v) is 3.98. The summed E-state index contributed by atoms with van der Waals surface area (Å²) >= 11 is 0. The predicted molar refractivity (Wildman–Crippen MR) is 69.1 cm³/mol. The van der Waals surface area contributed by atoms with Crippen molar-refractivity contribution in [3.05, 3.63) is 0 Å². The van der Waals surface area contributed by atoms with Crippen molar-refractivity contribution < 1.29 is 9.59 Å². The third-order valence-electron chi connectivity index (χ3n) is 3.98. The maximum Gasteiger partial charge on any atom is 0.245 e. The molecule has 2 heterocycles. The molecule has 0 radical (unpaired) electrons. The summed E-state index contributed by atoms with van der Waals surface area (Å²) in [5, 5.41) is 0. The van der Waals surface area contributed by atoms with Gasteiger partial charge in [0.05, 0.1) is 0 Å². The van der Waals surface area contributed by atoms with E-state index in [2.05, 4.69) is 11.9 Å². The van der Waals surface area contributed by atoms with Gasteiger partial charge < -0.3 is 14.7 Å². The van der Waals surface area contributed by atoms with Gasteiger partial charge in [0.1, 0.15) is 6.04 Å². The van der Waals surface area contributed by atoms with Crippen molar-refractivity contribution in [3.8, 4) is 0 Å². The minimum absolute atomic E-state index is 0.111. The molecule has 0 saturated carbocycles. The highest BCUT2D eigenvalue weighted by molar-refractivity contribution is 5.88. The molecule has 2 saturated heterocycles. The van der Waals surface area contributed by atoms with E-state index in [-0.39, 0.29) is 17.9 Å². The van der Waals surface area contributed by atoms with E-state index in [0.717, 1.165) is 45.6 Å². The largest absolute Gasteiger partial charge is 0.338 e. The van der Waals surface area contributed by atoms with Crippen molar-refractivity contribution in [2.75, 3.05) is 39.8 Å². The Balaban J connectivity index is 1.97. The van der Waals surface area contributed by atoms with Crippen LogP contribution in [0.25, 0.3) is 0 Å². The van der Waals surface area contributed by atoms with Crippen LogP contribution in [0.1, 0.15) is 26.2 Å². The summed E-state index contributed by atoms with van der Waals surface area (Å²) in [7, 11) is 2.07. The van der Waals surface area contributed by atoms with Gasteiger partial charge in [-0.05, 0) is 19.9 Å². The topological polar surface area (TPSA) is 43.9 Å². The van der Waals surface area contributed by atoms with Crippen molar-refractivity contribution in [2.45, 2.75) is 32.2 Å². The zero-order valence-corrected chi connectivity index (χ0v) is 11.4. The van der Waals surface area contributed by atoms with Gasteiger partial charge in [0, 0.05) is 39.1 Å². The first-order chi connectivity index (χ1) is 8.63. The van der Waals surface area contributed by atoms with Crippen LogP contribution < -0.4 is 0 Å². The number of hydrogen-bond acceptors (Lipinski definition) is 3. The summed E-state index contributed by atoms with van der Waals surface area (Å²) in [4.78, 5) is 30.2. The van der Waals surface area contributed by atoms with E-state index in [1.54, 1.807) is 4.90 Å². The summed E-state index contributed by atoms with van der Waals surface area (Å²) in [6.45, 7) is 6.05. The molecule has 18 heavy (non-hydrogen) atoms. The van der Waals surface area contributed by atoms with Crippen LogP contribution in [0.5, 0.6) is 0 Å². The van der Waals surface area contributed by atoms with Gasteiger partial charge in [0.15, 0.2) is 0 Å². The zero-order chi connectivity index (χ0) is 13.1. The lowest BCUT2D eigenvalue weighted by molar-refractivity contribution is -0.144. The second-order valence-corrected chi connectivity index (χ2v) is 5.23. The summed E-state index contributed by atoms with van der Waals surface area (Å²) in [5.41, 5.74) is 0. The average molecular weight is 253 g/mol. The molecular weight excluding hydrogens is 230 g/mol. The molecule has 0 N–H and O–H groups in total. The van der Waals surface area contributed by atoms with Crippen LogP contribution in [0.2, 0.25) is 0 Å². The smallest absolute Gasteiger partial charge is 0.245 e. The normalized spacial score (nSPS) is 25.6. The van der Waals surface area contributed by atoms with E-state index >= 15 is 0 Å². The van der Waals surface area contributed by atoms with E-state index in [1.165, 1.54) is 0 Å². The van der Waals surface area contributed by atoms with Crippen LogP contribution >= 0.6 is 0 Å². The molecule has 2 aliphatic rings. The minimum atomic E-state index is -0.194. The maximum atomic E-state index is 12.5. The molecule has 5 nitrogen and oxygen atoms in total. The quantitative estimate of drug-likeness (QED) is 0.704. The van der Waals surface area contributed by atoms with Gasteiger partial charge in [-0.25, -0.2) is 0 Å². The van der Waals surface area contributed by atoms with Gasteiger partial charge in [-0.15, -0.1) is 0 Å². The lowest BCUT2D eigenvalue weighted by Gasteiger charge is -2.35. The Morgan fingerprint density at radius 3 is 2.39 bits per heavy atom. The van der Waals surface area contributed by atoms with Crippen molar-refractivity contribution in [2.24, 2.45) is 0 Å². The molecule has 0 aromatic rings. The maximum absolute atomic E-state index is 12.5. The van der Waals surface area contributed by atoms with Crippen molar-refractivity contribution in [1.82, 2.24) is 14.7 Å². The third kappa shape index (κ3) is 2.66. The molecule has 0 unspecified atom stereocenters. The van der Waals surface area contributed by atoms with Crippen LogP contribution in [-0.4, -0.2) is 72.3 Å². The number of nitrogens with zero attached hydrogens (tertiary/aromatic N) is 3. The Morgan fingerprint density at radius 2 is 1.78 bits per heavy atom. The fourth-order valence-electron chi connectivity index (χ4n) is 2.76. The monoisotopic (exact) mass is 253 g/mol. The number of likely N-dealkylation sites (tertiary alicyclic amines) is 1. The zero-order valence-electron chi connectivity index (χ0n) is 11.4. The SMILES string of the molecule is CCC(=O)N1CCC[C@H]1C(=O)N1CCN(C)CC1. The first-order valence-electron chi connectivity index (χ1n) is 6.90. The molecule has 2 aliphatic heterocycles. The highest BCUT2D eigenvalue weighted by Gasteiger charge is 2.36. The van der Waals surface area contributed by atoms with Crippen LogP contribution in [0.4, 0.5) is 0 Å². The highest BCUT2D eigenvalue weighted by Crippen LogP contribution is 2.20. The standard InChI is InChI=1S/C13H23N3O2/c1-3-12(17)16-6-4-5-11(16)13(18)15-9-7-14(2)8-10-15/h11H,3-10H2,1-2H3/t11-/m0/s1. The van der Waals surface area contributed by atoms with E-state index < -0.39 is 0 Å². The molecule has 0 spiro atoms. The number of piperazine rings is 1. The molecule has 0 aromatic heterocycles. The van der Waals surface area contributed by atoms with Crippen LogP contribution in [0.15, 0.2) is 0 Å². The van der Waals surface area contributed by atoms with E-state index in [0.29, 0.717) is 6.42 Å². The number of carbonyl (C=O) groups is 2. The van der Waals surface area contributed by atoms with Crippen molar-refractivity contribution >= 4 is 11.8 Å². The molecule has 5 heteroatoms. The average Bonchev–Trinajstić information content (AvgIpc) is 2.87. The van der Waals surface area contributed by atoms with Crippen LogP contribution in [0, 0.1) is 0 Å². The summed E-state index contributed by atoms with van der Waals surface area (Å²) in [5.74, 6) is 0.266. The fourth-order valence-corrected chi connectivity index (χ4v) is 2.76. The summed E-state index contributed by atoms with van der Waals surface area (Å²) < 4.78 is 0. The first kappa shape index (κ1) is 13.3. The Kier molecular flexibility index (Phi) is 4.22. The molecule has 0 aromatic carbocycles. The molecule has 1 atom stereocenters. The van der Waals surface area contributed by atoms with Crippen molar-refractivity contribution in [1.29, 1.82) is 0 Å². The summed E-state index contributed by atoms with van der Waals surface area (Å²) in [6.07, 6.45) is 2.28. The van der Waals surface area contributed by atoms with E-state index in [9.17, 15) is 9.59 Å². The number of likely N-dealkylation sites (N-methyl/N-ethyl adjacent to an activating group) is 1. The van der Waals surface area contributed by atoms with Gasteiger partial charge >= 0.3 is 0 Å². The molecule has 0 aliphatic carbocycles. The fraction of sp³-hybridized carbons (Fsp3) is 0.846. The Bertz CT molecular complexity index is 324. The number of carbonyl (C=O) groups excluding carboxylic acids is 2. The second-order valence-electron chi connectivity index (χ2n) is 5.23. The number of hydrogen-bond donors (Lipinski definition) is 0. The van der Waals surface area contributed by atoms with E-state index in [4.69, 9.17) is 0 Å². The predicted octanol–water partition coefficient (Wildman–Crippen LogP) is 0.161. The molecule has 2 amide bonds. The second kappa shape index (κ2) is 5.69. The van der Waals surface area contributed by atoms with Gasteiger partial charge in [-0.2, -0.15) is 0 Å². The summed E-state index contributed by atoms with van der Waals surface area (Å²) in [6, 6.07) is -0.194. The van der Waals surface area contributed by atoms with Gasteiger partial charge in [-0.1, -0.05) is 6.92 Å². The van der Waals surface area contributed by atoms with Crippen molar-refractivity contribution in [3.63, 3.8) is 0 Å². The van der Waals surface area contributed by atoms with Crippen LogP contribution in [-0.2, 0) is 9.59 Å². The van der Waals surface area contributed by atoms with Crippen LogP contribution in [0.3, 0.4) is 0 Å². The number of rotatable bonds is 2. The Labute approximate surface area is 109 Å². The van der Waals surface area contributed by atoms with Gasteiger partial charge in [0.25, 0.3) is 0 Å². The lowest BCUT2D eigenvalue weighted by atomic mass is 10.1. The Hall–Kier alpha value is -1.10. The Morgan fingerprint density at radius 1 is 1.11 bits per heavy atom. The molecule has 102 valence electrons. The lowest BCUT2D eigenvalue weighted by Crippen LogP contribution is -2.53. The van der Waals surface area contributed by atoms with Gasteiger partial charge in [-0.3, -0.25) is 9.59 Å². The van der Waals surface area contributed by atoms with E-state index in [1.807, 2.05) is 11.8 Å².